The van der Waals surface area contributed by atoms with E-state index >= 15 is 0 Å². The number of carboxylic acid groups (broad SMARTS) is 1. The maximum Gasteiger partial charge on any atom is 0.326 e. The molecular formula is C13H16FNO4S. The van der Waals surface area contributed by atoms with E-state index in [1.54, 1.807) is 18.2 Å². The van der Waals surface area contributed by atoms with Crippen LogP contribution in [0.4, 0.5) is 4.39 Å². The highest BCUT2D eigenvalue weighted by atomic mass is 32.2. The fourth-order valence-corrected chi connectivity index (χ4v) is 2.36. The number of hydrogen-bond acceptors (Lipinski definition) is 4. The van der Waals surface area contributed by atoms with Crippen molar-refractivity contribution >= 4 is 23.6 Å². The van der Waals surface area contributed by atoms with E-state index in [1.165, 1.54) is 17.8 Å². The summed E-state index contributed by atoms with van der Waals surface area (Å²) >= 11 is 1.19. The SMILES string of the molecule is O=C(CCSc1ccccc1F)N[C@@H](CCO)C(=O)O. The highest BCUT2D eigenvalue weighted by Gasteiger charge is 2.18. The third-order valence-corrected chi connectivity index (χ3v) is 3.52. The number of benzene rings is 1. The summed E-state index contributed by atoms with van der Waals surface area (Å²) in [6, 6.07) is 5.14. The number of rotatable bonds is 8. The molecular weight excluding hydrogens is 285 g/mol. The fourth-order valence-electron chi connectivity index (χ4n) is 1.47. The molecule has 1 atom stereocenters. The average molecular weight is 301 g/mol. The van der Waals surface area contributed by atoms with Crippen molar-refractivity contribution in [3.8, 4) is 0 Å². The van der Waals surface area contributed by atoms with Crippen LogP contribution in [0.1, 0.15) is 12.8 Å². The summed E-state index contributed by atoms with van der Waals surface area (Å²) < 4.78 is 13.3. The van der Waals surface area contributed by atoms with Gasteiger partial charge in [-0.15, -0.1) is 11.8 Å². The summed E-state index contributed by atoms with van der Waals surface area (Å²) in [5.74, 6) is -1.62. The molecule has 110 valence electrons. The monoisotopic (exact) mass is 301 g/mol. The molecule has 0 bridgehead atoms. The van der Waals surface area contributed by atoms with Crippen LogP contribution in [0.25, 0.3) is 0 Å². The van der Waals surface area contributed by atoms with E-state index in [4.69, 9.17) is 10.2 Å². The van der Waals surface area contributed by atoms with Gasteiger partial charge < -0.3 is 15.5 Å². The Morgan fingerprint density at radius 2 is 2.05 bits per heavy atom. The van der Waals surface area contributed by atoms with Crippen molar-refractivity contribution < 1.29 is 24.2 Å². The molecule has 0 radical (unpaired) electrons. The van der Waals surface area contributed by atoms with Crippen LogP contribution < -0.4 is 5.32 Å². The Balaban J connectivity index is 2.36. The minimum atomic E-state index is -1.19. The molecule has 7 heteroatoms. The second-order valence-corrected chi connectivity index (χ2v) is 5.14. The van der Waals surface area contributed by atoms with E-state index in [0.717, 1.165) is 0 Å². The highest BCUT2D eigenvalue weighted by molar-refractivity contribution is 7.99. The number of hydrogen-bond donors (Lipinski definition) is 3. The van der Waals surface area contributed by atoms with Crippen LogP contribution in [-0.4, -0.2) is 40.5 Å². The fraction of sp³-hybridized carbons (Fsp3) is 0.385. The lowest BCUT2D eigenvalue weighted by Gasteiger charge is -2.13. The van der Waals surface area contributed by atoms with Crippen LogP contribution in [0.2, 0.25) is 0 Å². The number of halogens is 1. The van der Waals surface area contributed by atoms with Gasteiger partial charge in [0.15, 0.2) is 0 Å². The number of amides is 1. The molecule has 0 aromatic heterocycles. The Morgan fingerprint density at radius 3 is 2.65 bits per heavy atom. The van der Waals surface area contributed by atoms with E-state index in [2.05, 4.69) is 5.32 Å². The number of aliphatic carboxylic acids is 1. The lowest BCUT2D eigenvalue weighted by atomic mass is 10.2. The molecule has 0 aliphatic carbocycles. The molecule has 1 amide bonds. The predicted molar refractivity (Wildman–Crippen MR) is 73.0 cm³/mol. The van der Waals surface area contributed by atoms with Gasteiger partial charge in [0.2, 0.25) is 5.91 Å². The van der Waals surface area contributed by atoms with Gasteiger partial charge in [-0.2, -0.15) is 0 Å². The van der Waals surface area contributed by atoms with E-state index in [1.807, 2.05) is 0 Å². The summed E-state index contributed by atoms with van der Waals surface area (Å²) in [4.78, 5) is 22.8. The zero-order valence-electron chi connectivity index (χ0n) is 10.7. The Labute approximate surface area is 120 Å². The van der Waals surface area contributed by atoms with Crippen molar-refractivity contribution in [2.75, 3.05) is 12.4 Å². The van der Waals surface area contributed by atoms with Gasteiger partial charge >= 0.3 is 5.97 Å². The zero-order chi connectivity index (χ0) is 15.0. The van der Waals surface area contributed by atoms with Crippen LogP contribution >= 0.6 is 11.8 Å². The van der Waals surface area contributed by atoms with Gasteiger partial charge in [0.05, 0.1) is 0 Å². The average Bonchev–Trinajstić information content (AvgIpc) is 2.40. The maximum absolute atomic E-state index is 13.3. The summed E-state index contributed by atoms with van der Waals surface area (Å²) in [5.41, 5.74) is 0. The van der Waals surface area contributed by atoms with Gasteiger partial charge in [-0.3, -0.25) is 4.79 Å². The van der Waals surface area contributed by atoms with E-state index in [-0.39, 0.29) is 25.3 Å². The quantitative estimate of drug-likeness (QED) is 0.629. The number of carbonyl (C=O) groups is 2. The first-order chi connectivity index (χ1) is 9.54. The van der Waals surface area contributed by atoms with Gasteiger partial charge in [-0.1, -0.05) is 12.1 Å². The number of nitrogens with one attached hydrogen (secondary N) is 1. The van der Waals surface area contributed by atoms with Crippen LogP contribution in [0.15, 0.2) is 29.2 Å². The molecule has 0 aliphatic rings. The summed E-state index contributed by atoms with van der Waals surface area (Å²) in [6.07, 6.45) is 0.0374. The molecule has 0 spiro atoms. The standard InChI is InChI=1S/C13H16FNO4S/c14-9-3-1-2-4-11(9)20-8-6-12(17)15-10(5-7-16)13(18)19/h1-4,10,16H,5-8H2,(H,15,17)(H,18,19)/t10-/m0/s1. The lowest BCUT2D eigenvalue weighted by Crippen LogP contribution is -2.41. The number of carbonyl (C=O) groups excluding carboxylic acids is 1. The maximum atomic E-state index is 13.3. The Hall–Kier alpha value is -1.60. The third kappa shape index (κ3) is 5.58. The lowest BCUT2D eigenvalue weighted by molar-refractivity contribution is -0.142. The number of aliphatic hydroxyl groups excluding tert-OH is 1. The van der Waals surface area contributed by atoms with Gasteiger partial charge in [-0.05, 0) is 12.1 Å². The molecule has 0 heterocycles. The normalized spacial score (nSPS) is 11.9. The molecule has 3 N–H and O–H groups in total. The molecule has 1 aromatic carbocycles. The topological polar surface area (TPSA) is 86.6 Å². The van der Waals surface area contributed by atoms with Gasteiger partial charge in [-0.25, -0.2) is 9.18 Å². The first-order valence-corrected chi connectivity index (χ1v) is 7.03. The largest absolute Gasteiger partial charge is 0.480 e. The van der Waals surface area contributed by atoms with Crippen molar-refractivity contribution in [1.29, 1.82) is 0 Å². The number of carboxylic acids is 1. The molecule has 0 saturated carbocycles. The summed E-state index contributed by atoms with van der Waals surface area (Å²) in [7, 11) is 0. The summed E-state index contributed by atoms with van der Waals surface area (Å²) in [6.45, 7) is -0.318. The van der Waals surface area contributed by atoms with Crippen LogP contribution in [0.5, 0.6) is 0 Å². The number of aliphatic hydroxyl groups is 1. The highest BCUT2D eigenvalue weighted by Crippen LogP contribution is 2.21. The second kappa shape index (κ2) is 8.55. The van der Waals surface area contributed by atoms with E-state index in [9.17, 15) is 14.0 Å². The van der Waals surface area contributed by atoms with E-state index in [0.29, 0.717) is 10.6 Å². The van der Waals surface area contributed by atoms with Crippen LogP contribution in [0, 0.1) is 5.82 Å². The molecule has 0 fully saturated rings. The number of thioether (sulfide) groups is 1. The molecule has 0 saturated heterocycles. The minimum Gasteiger partial charge on any atom is -0.480 e. The molecule has 0 unspecified atom stereocenters. The molecule has 5 nitrogen and oxygen atoms in total. The Morgan fingerprint density at radius 1 is 1.35 bits per heavy atom. The zero-order valence-corrected chi connectivity index (χ0v) is 11.5. The van der Waals surface area contributed by atoms with E-state index < -0.39 is 17.9 Å². The van der Waals surface area contributed by atoms with Crippen molar-refractivity contribution in [1.82, 2.24) is 5.32 Å². The van der Waals surface area contributed by atoms with Gasteiger partial charge in [0.1, 0.15) is 11.9 Å². The smallest absolute Gasteiger partial charge is 0.326 e. The van der Waals surface area contributed by atoms with Crippen molar-refractivity contribution in [3.63, 3.8) is 0 Å². The first kappa shape index (κ1) is 16.5. The van der Waals surface area contributed by atoms with Gasteiger partial charge in [0, 0.05) is 30.1 Å². The molecule has 1 rings (SSSR count). The van der Waals surface area contributed by atoms with Crippen molar-refractivity contribution in [2.24, 2.45) is 0 Å². The van der Waals surface area contributed by atoms with Crippen LogP contribution in [-0.2, 0) is 9.59 Å². The Kier molecular flexibility index (Phi) is 7.03. The summed E-state index contributed by atoms with van der Waals surface area (Å²) in [5, 5.41) is 19.8. The van der Waals surface area contributed by atoms with Crippen molar-refractivity contribution in [2.45, 2.75) is 23.8 Å². The molecule has 1 aromatic rings. The minimum absolute atomic E-state index is 0.0401. The van der Waals surface area contributed by atoms with Crippen molar-refractivity contribution in [3.05, 3.63) is 30.1 Å². The Bertz CT molecular complexity index is 469. The van der Waals surface area contributed by atoms with Gasteiger partial charge in [0.25, 0.3) is 0 Å². The second-order valence-electron chi connectivity index (χ2n) is 4.00. The third-order valence-electron chi connectivity index (χ3n) is 2.47. The van der Waals surface area contributed by atoms with Crippen LogP contribution in [0.3, 0.4) is 0 Å². The first-order valence-electron chi connectivity index (χ1n) is 6.05. The molecule has 20 heavy (non-hydrogen) atoms. The molecule has 0 aliphatic heterocycles. The predicted octanol–water partition coefficient (Wildman–Crippen LogP) is 1.26.